The number of carbonyl (C=O) groups is 2. The monoisotopic (exact) mass is 369 g/mol. The first-order valence-corrected chi connectivity index (χ1v) is 8.57. The van der Waals surface area contributed by atoms with Crippen LogP contribution in [0, 0.1) is 5.41 Å². The zero-order valence-corrected chi connectivity index (χ0v) is 15.8. The summed E-state index contributed by atoms with van der Waals surface area (Å²) in [7, 11) is 3.29. The van der Waals surface area contributed by atoms with Crippen molar-refractivity contribution in [2.24, 2.45) is 5.41 Å². The van der Waals surface area contributed by atoms with E-state index in [1.54, 1.807) is 61.5 Å². The van der Waals surface area contributed by atoms with Crippen molar-refractivity contribution in [2.75, 3.05) is 36.3 Å². The van der Waals surface area contributed by atoms with E-state index in [4.69, 9.17) is 9.47 Å². The summed E-state index contributed by atoms with van der Waals surface area (Å²) in [4.78, 5) is 26.4. The first-order chi connectivity index (χ1) is 12.8. The number of hydrogen-bond acceptors (Lipinski definition) is 4. The van der Waals surface area contributed by atoms with Gasteiger partial charge in [0.15, 0.2) is 0 Å². The Labute approximate surface area is 158 Å². The lowest BCUT2D eigenvalue weighted by atomic mass is 9.93. The SMILES string of the molecule is COc1ccc(NC(=O)Nc2ccc3c(c2)N(C)C(=O)C(C)(C)CO3)cc1. The quantitative estimate of drug-likeness (QED) is 0.864. The van der Waals surface area contributed by atoms with E-state index in [9.17, 15) is 9.59 Å². The minimum Gasteiger partial charge on any atom is -0.497 e. The van der Waals surface area contributed by atoms with E-state index < -0.39 is 5.41 Å². The Balaban J connectivity index is 1.74. The third-order valence-corrected chi connectivity index (χ3v) is 4.40. The molecule has 0 bridgehead atoms. The molecule has 7 nitrogen and oxygen atoms in total. The Morgan fingerprint density at radius 1 is 1.11 bits per heavy atom. The van der Waals surface area contributed by atoms with Crippen molar-refractivity contribution >= 4 is 29.0 Å². The lowest BCUT2D eigenvalue weighted by Gasteiger charge is -2.24. The summed E-state index contributed by atoms with van der Waals surface area (Å²) in [5.74, 6) is 1.28. The van der Waals surface area contributed by atoms with Crippen LogP contribution >= 0.6 is 0 Å². The molecule has 0 fully saturated rings. The summed E-state index contributed by atoms with van der Waals surface area (Å²) in [6, 6.07) is 11.9. The van der Waals surface area contributed by atoms with Crippen LogP contribution in [0.2, 0.25) is 0 Å². The molecule has 2 aromatic rings. The Hall–Kier alpha value is -3.22. The highest BCUT2D eigenvalue weighted by molar-refractivity contribution is 6.02. The average Bonchev–Trinajstić information content (AvgIpc) is 2.73. The highest BCUT2D eigenvalue weighted by atomic mass is 16.5. The summed E-state index contributed by atoms with van der Waals surface area (Å²) < 4.78 is 10.9. The van der Waals surface area contributed by atoms with E-state index in [2.05, 4.69) is 10.6 Å². The molecule has 2 N–H and O–H groups in total. The van der Waals surface area contributed by atoms with Crippen molar-refractivity contribution in [2.45, 2.75) is 13.8 Å². The number of hydrogen-bond donors (Lipinski definition) is 2. The van der Waals surface area contributed by atoms with Gasteiger partial charge in [0, 0.05) is 18.4 Å². The molecule has 3 rings (SSSR count). The zero-order valence-electron chi connectivity index (χ0n) is 15.8. The van der Waals surface area contributed by atoms with Crippen LogP contribution in [0.5, 0.6) is 11.5 Å². The van der Waals surface area contributed by atoms with E-state index >= 15 is 0 Å². The van der Waals surface area contributed by atoms with Gasteiger partial charge in [0.2, 0.25) is 5.91 Å². The van der Waals surface area contributed by atoms with Crippen molar-refractivity contribution in [1.82, 2.24) is 0 Å². The van der Waals surface area contributed by atoms with Crippen LogP contribution in [0.1, 0.15) is 13.8 Å². The maximum Gasteiger partial charge on any atom is 0.323 e. The second-order valence-corrected chi connectivity index (χ2v) is 7.03. The number of benzene rings is 2. The minimum absolute atomic E-state index is 0.0407. The topological polar surface area (TPSA) is 79.9 Å². The molecule has 0 aliphatic carbocycles. The molecule has 0 saturated carbocycles. The first-order valence-electron chi connectivity index (χ1n) is 8.57. The molecule has 0 radical (unpaired) electrons. The first kappa shape index (κ1) is 18.6. The van der Waals surface area contributed by atoms with Gasteiger partial charge in [-0.05, 0) is 56.3 Å². The Kier molecular flexibility index (Phi) is 4.94. The summed E-state index contributed by atoms with van der Waals surface area (Å²) >= 11 is 0. The molecule has 0 aromatic heterocycles. The number of urea groups is 1. The predicted molar refractivity (Wildman–Crippen MR) is 105 cm³/mol. The number of nitrogens with zero attached hydrogens (tertiary/aromatic N) is 1. The van der Waals surface area contributed by atoms with Crippen molar-refractivity contribution in [3.8, 4) is 11.5 Å². The number of rotatable bonds is 3. The van der Waals surface area contributed by atoms with Crippen molar-refractivity contribution in [3.05, 3.63) is 42.5 Å². The van der Waals surface area contributed by atoms with Crippen LogP contribution in [0.15, 0.2) is 42.5 Å². The highest BCUT2D eigenvalue weighted by Crippen LogP contribution is 2.37. The Morgan fingerprint density at radius 2 is 1.74 bits per heavy atom. The Bertz CT molecular complexity index is 862. The number of nitrogens with one attached hydrogen (secondary N) is 2. The van der Waals surface area contributed by atoms with Gasteiger partial charge in [-0.1, -0.05) is 0 Å². The van der Waals surface area contributed by atoms with Crippen molar-refractivity contribution < 1.29 is 19.1 Å². The number of methoxy groups -OCH3 is 1. The van der Waals surface area contributed by atoms with Gasteiger partial charge in [-0.15, -0.1) is 0 Å². The van der Waals surface area contributed by atoms with E-state index in [1.165, 1.54) is 0 Å². The molecule has 3 amide bonds. The smallest absolute Gasteiger partial charge is 0.323 e. The van der Waals surface area contributed by atoms with Gasteiger partial charge in [-0.3, -0.25) is 4.79 Å². The molecule has 0 unspecified atom stereocenters. The molecule has 142 valence electrons. The van der Waals surface area contributed by atoms with Crippen molar-refractivity contribution in [3.63, 3.8) is 0 Å². The molecule has 1 heterocycles. The van der Waals surface area contributed by atoms with E-state index in [0.29, 0.717) is 35.2 Å². The maximum absolute atomic E-state index is 12.6. The van der Waals surface area contributed by atoms with Gasteiger partial charge >= 0.3 is 6.03 Å². The number of ether oxygens (including phenoxy) is 2. The second-order valence-electron chi connectivity index (χ2n) is 7.03. The van der Waals surface area contributed by atoms with Crippen LogP contribution in [0.4, 0.5) is 21.9 Å². The van der Waals surface area contributed by atoms with Crippen molar-refractivity contribution in [1.29, 1.82) is 0 Å². The van der Waals surface area contributed by atoms with E-state index in [-0.39, 0.29) is 11.9 Å². The molecule has 7 heteroatoms. The van der Waals surface area contributed by atoms with Gasteiger partial charge in [0.05, 0.1) is 18.2 Å². The normalized spacial score (nSPS) is 15.3. The number of anilines is 3. The third kappa shape index (κ3) is 3.97. The third-order valence-electron chi connectivity index (χ3n) is 4.40. The molecule has 27 heavy (non-hydrogen) atoms. The number of amides is 3. The largest absolute Gasteiger partial charge is 0.497 e. The highest BCUT2D eigenvalue weighted by Gasteiger charge is 2.36. The number of carbonyl (C=O) groups excluding carboxylic acids is 2. The van der Waals surface area contributed by atoms with Crippen LogP contribution < -0.4 is 25.0 Å². The van der Waals surface area contributed by atoms with Gasteiger partial charge in [-0.2, -0.15) is 0 Å². The fraction of sp³-hybridized carbons (Fsp3) is 0.300. The summed E-state index contributed by atoms with van der Waals surface area (Å²) in [5, 5.41) is 5.52. The molecular weight excluding hydrogens is 346 g/mol. The molecular formula is C20H23N3O4. The maximum atomic E-state index is 12.6. The summed E-state index contributed by atoms with van der Waals surface area (Å²) in [6.45, 7) is 3.99. The average molecular weight is 369 g/mol. The Morgan fingerprint density at radius 3 is 2.41 bits per heavy atom. The van der Waals surface area contributed by atoms with Gasteiger partial charge in [-0.25, -0.2) is 4.79 Å². The minimum atomic E-state index is -0.618. The van der Waals surface area contributed by atoms with Crippen LogP contribution in [-0.2, 0) is 4.79 Å². The summed E-state index contributed by atoms with van der Waals surface area (Å²) in [6.07, 6.45) is 0. The second kappa shape index (κ2) is 7.19. The summed E-state index contributed by atoms with van der Waals surface area (Å²) in [5.41, 5.74) is 1.20. The molecule has 1 aliphatic heterocycles. The van der Waals surface area contributed by atoms with Crippen LogP contribution in [0.3, 0.4) is 0 Å². The molecule has 0 saturated heterocycles. The number of fused-ring (bicyclic) bond motifs is 1. The molecule has 0 atom stereocenters. The fourth-order valence-corrected chi connectivity index (χ4v) is 2.83. The molecule has 0 spiro atoms. The van der Waals surface area contributed by atoms with E-state index in [1.807, 2.05) is 13.8 Å². The van der Waals surface area contributed by atoms with Crippen LogP contribution in [-0.4, -0.2) is 32.7 Å². The molecule has 1 aliphatic rings. The van der Waals surface area contributed by atoms with Crippen LogP contribution in [0.25, 0.3) is 0 Å². The zero-order chi connectivity index (χ0) is 19.6. The van der Waals surface area contributed by atoms with Gasteiger partial charge in [0.1, 0.15) is 18.1 Å². The predicted octanol–water partition coefficient (Wildman–Crippen LogP) is 3.72. The fourth-order valence-electron chi connectivity index (χ4n) is 2.83. The lowest BCUT2D eigenvalue weighted by molar-refractivity contribution is -0.127. The standard InChI is InChI=1S/C20H23N3O4/c1-20(2)12-27-17-10-7-14(11-16(17)23(3)18(20)24)22-19(25)21-13-5-8-15(26-4)9-6-13/h5-11H,12H2,1-4H3,(H2,21,22,25). The molecule has 2 aromatic carbocycles. The van der Waals surface area contributed by atoms with E-state index in [0.717, 1.165) is 0 Å². The van der Waals surface area contributed by atoms with Gasteiger partial charge < -0.3 is 25.0 Å². The lowest BCUT2D eigenvalue weighted by Crippen LogP contribution is -2.39. The van der Waals surface area contributed by atoms with Gasteiger partial charge in [0.25, 0.3) is 0 Å².